The summed E-state index contributed by atoms with van der Waals surface area (Å²) in [6.45, 7) is 0.963. The lowest BCUT2D eigenvalue weighted by molar-refractivity contribution is 0.174. The van der Waals surface area contributed by atoms with Crippen LogP contribution in [0.1, 0.15) is 5.56 Å². The summed E-state index contributed by atoms with van der Waals surface area (Å²) in [5.41, 5.74) is 6.83. The van der Waals surface area contributed by atoms with Gasteiger partial charge in [0.05, 0.1) is 0 Å². The molecule has 0 aliphatic carbocycles. The maximum atomic E-state index is 5.68. The molecule has 116 valence electrons. The Bertz CT molecular complexity index is 676. The number of aromatic nitrogens is 3. The van der Waals surface area contributed by atoms with Crippen LogP contribution in [0.25, 0.3) is 0 Å². The van der Waals surface area contributed by atoms with Crippen molar-refractivity contribution in [1.29, 1.82) is 0 Å². The van der Waals surface area contributed by atoms with Gasteiger partial charge in [-0.25, -0.2) is 0 Å². The molecular weight excluding hydrogens is 284 g/mol. The molecule has 0 saturated heterocycles. The molecule has 22 heavy (non-hydrogen) atoms. The smallest absolute Gasteiger partial charge is 0.231 e. The van der Waals surface area contributed by atoms with Gasteiger partial charge in [0.25, 0.3) is 0 Å². The predicted octanol–water partition coefficient (Wildman–Crippen LogP) is 0.903. The van der Waals surface area contributed by atoms with Gasteiger partial charge >= 0.3 is 0 Å². The van der Waals surface area contributed by atoms with Crippen molar-refractivity contribution in [3.05, 3.63) is 23.8 Å². The van der Waals surface area contributed by atoms with Gasteiger partial charge in [-0.2, -0.15) is 15.0 Å². The van der Waals surface area contributed by atoms with E-state index in [0.29, 0.717) is 18.4 Å². The number of ether oxygens (including phenoxy) is 2. The summed E-state index contributed by atoms with van der Waals surface area (Å²) >= 11 is 0. The zero-order valence-corrected chi connectivity index (χ0v) is 12.5. The zero-order chi connectivity index (χ0) is 15.5. The van der Waals surface area contributed by atoms with E-state index >= 15 is 0 Å². The second-order valence-corrected chi connectivity index (χ2v) is 5.08. The Labute approximate surface area is 128 Å². The molecule has 8 nitrogen and oxygen atoms in total. The number of hydrogen-bond acceptors (Lipinski definition) is 8. The third-order valence-corrected chi connectivity index (χ3v) is 3.17. The minimum atomic E-state index is 0.198. The van der Waals surface area contributed by atoms with Crippen molar-refractivity contribution >= 4 is 17.8 Å². The maximum absolute atomic E-state index is 5.68. The Morgan fingerprint density at radius 1 is 1.18 bits per heavy atom. The van der Waals surface area contributed by atoms with Crippen molar-refractivity contribution in [3.63, 3.8) is 0 Å². The lowest BCUT2D eigenvalue weighted by atomic mass is 10.1. The first-order chi connectivity index (χ1) is 10.6. The van der Waals surface area contributed by atoms with E-state index in [-0.39, 0.29) is 12.7 Å². The summed E-state index contributed by atoms with van der Waals surface area (Å²) in [5.74, 6) is 2.77. The number of anilines is 3. The van der Waals surface area contributed by atoms with Crippen molar-refractivity contribution in [2.45, 2.75) is 6.42 Å². The number of nitrogens with two attached hydrogens (primary N) is 1. The SMILES string of the molecule is CN(C)c1nc(N)nc(NCCc2ccc3c(c2)OCO3)n1. The highest BCUT2D eigenvalue weighted by Crippen LogP contribution is 2.32. The largest absolute Gasteiger partial charge is 0.454 e. The van der Waals surface area contributed by atoms with Crippen LogP contribution in [0.5, 0.6) is 11.5 Å². The summed E-state index contributed by atoms with van der Waals surface area (Å²) in [6.07, 6.45) is 0.805. The highest BCUT2D eigenvalue weighted by molar-refractivity contribution is 5.45. The van der Waals surface area contributed by atoms with Crippen LogP contribution >= 0.6 is 0 Å². The number of fused-ring (bicyclic) bond motifs is 1. The van der Waals surface area contributed by atoms with Crippen LogP contribution in [-0.4, -0.2) is 42.4 Å². The third-order valence-electron chi connectivity index (χ3n) is 3.17. The zero-order valence-electron chi connectivity index (χ0n) is 12.5. The Morgan fingerprint density at radius 2 is 2.00 bits per heavy atom. The molecule has 0 atom stereocenters. The van der Waals surface area contributed by atoms with Gasteiger partial charge < -0.3 is 25.4 Å². The molecule has 1 aromatic carbocycles. The number of nitrogen functional groups attached to an aromatic ring is 1. The topological polar surface area (TPSA) is 98.4 Å². The fraction of sp³-hybridized carbons (Fsp3) is 0.357. The average Bonchev–Trinajstić information content (AvgIpc) is 2.94. The van der Waals surface area contributed by atoms with Gasteiger partial charge in [-0.15, -0.1) is 0 Å². The van der Waals surface area contributed by atoms with Crippen LogP contribution in [0.2, 0.25) is 0 Å². The Morgan fingerprint density at radius 3 is 2.82 bits per heavy atom. The lowest BCUT2D eigenvalue weighted by Gasteiger charge is -2.12. The minimum absolute atomic E-state index is 0.198. The standard InChI is InChI=1S/C14H18N6O2/c1-20(2)14-18-12(15)17-13(19-14)16-6-5-9-3-4-10-11(7-9)22-8-21-10/h3-4,7H,5-6,8H2,1-2H3,(H3,15,16,17,18,19). The van der Waals surface area contributed by atoms with E-state index in [2.05, 4.69) is 20.3 Å². The molecule has 0 radical (unpaired) electrons. The van der Waals surface area contributed by atoms with Crippen LogP contribution in [0.3, 0.4) is 0 Å². The van der Waals surface area contributed by atoms with E-state index in [9.17, 15) is 0 Å². The molecule has 0 spiro atoms. The number of hydrogen-bond donors (Lipinski definition) is 2. The molecule has 2 aromatic rings. The summed E-state index contributed by atoms with van der Waals surface area (Å²) in [6, 6.07) is 5.92. The molecule has 1 aromatic heterocycles. The molecule has 0 bridgehead atoms. The second-order valence-electron chi connectivity index (χ2n) is 5.08. The van der Waals surface area contributed by atoms with E-state index in [4.69, 9.17) is 15.2 Å². The number of nitrogens with one attached hydrogen (secondary N) is 1. The molecule has 0 unspecified atom stereocenters. The first kappa shape index (κ1) is 14.2. The molecule has 3 N–H and O–H groups in total. The van der Waals surface area contributed by atoms with E-state index < -0.39 is 0 Å². The summed E-state index contributed by atoms with van der Waals surface area (Å²) < 4.78 is 10.7. The van der Waals surface area contributed by atoms with Gasteiger partial charge in [0.15, 0.2) is 11.5 Å². The Hall–Kier alpha value is -2.77. The molecule has 0 amide bonds. The quantitative estimate of drug-likeness (QED) is 0.840. The minimum Gasteiger partial charge on any atom is -0.454 e. The van der Waals surface area contributed by atoms with Crippen LogP contribution in [0.4, 0.5) is 17.8 Å². The molecular formula is C14H18N6O2. The molecule has 3 rings (SSSR count). The molecule has 0 saturated carbocycles. The molecule has 0 fully saturated rings. The van der Waals surface area contributed by atoms with E-state index in [1.807, 2.05) is 32.3 Å². The Balaban J connectivity index is 1.61. The molecule has 1 aliphatic heterocycles. The van der Waals surface area contributed by atoms with Crippen molar-refractivity contribution in [2.24, 2.45) is 0 Å². The van der Waals surface area contributed by atoms with E-state index in [1.54, 1.807) is 4.90 Å². The normalized spacial score (nSPS) is 12.3. The number of nitrogens with zero attached hydrogens (tertiary/aromatic N) is 4. The van der Waals surface area contributed by atoms with Crippen LogP contribution < -0.4 is 25.4 Å². The van der Waals surface area contributed by atoms with Gasteiger partial charge in [-0.3, -0.25) is 0 Å². The molecule has 8 heteroatoms. The summed E-state index contributed by atoms with van der Waals surface area (Å²) in [7, 11) is 3.70. The van der Waals surface area contributed by atoms with Gasteiger partial charge in [-0.1, -0.05) is 6.07 Å². The van der Waals surface area contributed by atoms with Gasteiger partial charge in [-0.05, 0) is 24.1 Å². The van der Waals surface area contributed by atoms with Crippen molar-refractivity contribution in [2.75, 3.05) is 43.4 Å². The third kappa shape index (κ3) is 3.11. The first-order valence-electron chi connectivity index (χ1n) is 6.93. The predicted molar refractivity (Wildman–Crippen MR) is 83.3 cm³/mol. The first-order valence-corrected chi connectivity index (χ1v) is 6.93. The summed E-state index contributed by atoms with van der Waals surface area (Å²) in [4.78, 5) is 14.2. The molecule has 2 heterocycles. The average molecular weight is 302 g/mol. The van der Waals surface area contributed by atoms with Crippen LogP contribution in [0, 0.1) is 0 Å². The highest BCUT2D eigenvalue weighted by atomic mass is 16.7. The summed E-state index contributed by atoms with van der Waals surface area (Å²) in [5, 5.41) is 3.16. The monoisotopic (exact) mass is 302 g/mol. The van der Waals surface area contributed by atoms with Crippen molar-refractivity contribution < 1.29 is 9.47 Å². The van der Waals surface area contributed by atoms with Gasteiger partial charge in [0, 0.05) is 20.6 Å². The second kappa shape index (κ2) is 5.92. The van der Waals surface area contributed by atoms with Gasteiger partial charge in [0.2, 0.25) is 24.6 Å². The fourth-order valence-corrected chi connectivity index (χ4v) is 2.07. The maximum Gasteiger partial charge on any atom is 0.231 e. The number of benzene rings is 1. The van der Waals surface area contributed by atoms with Crippen molar-refractivity contribution in [3.8, 4) is 11.5 Å². The fourth-order valence-electron chi connectivity index (χ4n) is 2.07. The molecule has 1 aliphatic rings. The lowest BCUT2D eigenvalue weighted by Crippen LogP contribution is -2.17. The Kier molecular flexibility index (Phi) is 3.82. The van der Waals surface area contributed by atoms with Gasteiger partial charge in [0.1, 0.15) is 0 Å². The van der Waals surface area contributed by atoms with E-state index in [0.717, 1.165) is 23.5 Å². The highest BCUT2D eigenvalue weighted by Gasteiger charge is 2.13. The number of rotatable bonds is 5. The van der Waals surface area contributed by atoms with Crippen molar-refractivity contribution in [1.82, 2.24) is 15.0 Å². The van der Waals surface area contributed by atoms with Crippen LogP contribution in [-0.2, 0) is 6.42 Å². The van der Waals surface area contributed by atoms with Crippen LogP contribution in [0.15, 0.2) is 18.2 Å². The van der Waals surface area contributed by atoms with E-state index in [1.165, 1.54) is 0 Å².